The number of hydrogen-bond acceptors (Lipinski definition) is 4. The Bertz CT molecular complexity index is 597. The number of nitro groups is 1. The Kier molecular flexibility index (Phi) is 4.01. The molecule has 0 fully saturated rings. The number of nitrogens with zero attached hydrogens (tertiary/aromatic N) is 3. The summed E-state index contributed by atoms with van der Waals surface area (Å²) < 4.78 is 1.77. The van der Waals surface area contributed by atoms with Gasteiger partial charge in [-0.05, 0) is 12.1 Å². The maximum Gasteiger partial charge on any atom is 0.293 e. The monoisotopic (exact) mass is 280 g/mol. The van der Waals surface area contributed by atoms with E-state index in [9.17, 15) is 10.1 Å². The molecule has 0 aliphatic carbocycles. The average Bonchev–Trinajstić information content (AvgIpc) is 2.77. The summed E-state index contributed by atoms with van der Waals surface area (Å²) in [6, 6.07) is 6.52. The summed E-state index contributed by atoms with van der Waals surface area (Å²) in [5.41, 5.74) is 1.39. The van der Waals surface area contributed by atoms with E-state index in [1.54, 1.807) is 23.0 Å². The predicted molar refractivity (Wildman–Crippen MR) is 73.5 cm³/mol. The van der Waals surface area contributed by atoms with E-state index in [2.05, 4.69) is 10.4 Å². The first-order valence-electron chi connectivity index (χ1n) is 5.73. The quantitative estimate of drug-likeness (QED) is 0.675. The van der Waals surface area contributed by atoms with Gasteiger partial charge in [0, 0.05) is 38.0 Å². The summed E-state index contributed by atoms with van der Waals surface area (Å²) in [5, 5.41) is 18.3. The summed E-state index contributed by atoms with van der Waals surface area (Å²) in [4.78, 5) is 10.5. The molecule has 0 spiro atoms. The van der Waals surface area contributed by atoms with Crippen LogP contribution in [0.5, 0.6) is 0 Å². The molecule has 100 valence electrons. The molecule has 2 aromatic rings. The zero-order valence-corrected chi connectivity index (χ0v) is 11.1. The zero-order valence-electron chi connectivity index (χ0n) is 10.3. The highest BCUT2D eigenvalue weighted by Gasteiger charge is 2.15. The number of halogens is 1. The van der Waals surface area contributed by atoms with Crippen molar-refractivity contribution in [1.29, 1.82) is 0 Å². The summed E-state index contributed by atoms with van der Waals surface area (Å²) in [5.74, 6) is 0. The van der Waals surface area contributed by atoms with Crippen molar-refractivity contribution in [2.75, 3.05) is 11.9 Å². The van der Waals surface area contributed by atoms with E-state index in [-0.39, 0.29) is 5.69 Å². The average molecular weight is 281 g/mol. The highest BCUT2D eigenvalue weighted by Crippen LogP contribution is 2.31. The third-order valence-electron chi connectivity index (χ3n) is 2.79. The van der Waals surface area contributed by atoms with Crippen LogP contribution in [0.15, 0.2) is 30.5 Å². The van der Waals surface area contributed by atoms with Gasteiger partial charge in [0.15, 0.2) is 0 Å². The number of aryl methyl sites for hydroxylation is 1. The molecular weight excluding hydrogens is 268 g/mol. The van der Waals surface area contributed by atoms with Gasteiger partial charge in [0.25, 0.3) is 5.69 Å². The topological polar surface area (TPSA) is 73.0 Å². The summed E-state index contributed by atoms with van der Waals surface area (Å²) in [6.07, 6.45) is 2.42. The summed E-state index contributed by atoms with van der Waals surface area (Å²) >= 11 is 5.98. The third kappa shape index (κ3) is 3.03. The van der Waals surface area contributed by atoms with Gasteiger partial charge in [0.1, 0.15) is 5.69 Å². The molecule has 0 radical (unpaired) electrons. The fraction of sp³-hybridized carbons (Fsp3) is 0.250. The SMILES string of the molecule is Cn1nccc1CCNc1c(Cl)cccc1[N+](=O)[O-]. The van der Waals surface area contributed by atoms with E-state index in [4.69, 9.17) is 11.6 Å². The van der Waals surface area contributed by atoms with Crippen molar-refractivity contribution in [2.45, 2.75) is 6.42 Å². The number of rotatable bonds is 5. The van der Waals surface area contributed by atoms with Crippen molar-refractivity contribution in [3.8, 4) is 0 Å². The van der Waals surface area contributed by atoms with Gasteiger partial charge in [-0.25, -0.2) is 0 Å². The summed E-state index contributed by atoms with van der Waals surface area (Å²) in [7, 11) is 1.85. The molecule has 0 bridgehead atoms. The normalized spacial score (nSPS) is 10.4. The lowest BCUT2D eigenvalue weighted by molar-refractivity contribution is -0.383. The molecule has 1 N–H and O–H groups in total. The molecule has 1 heterocycles. The Morgan fingerprint density at radius 3 is 2.89 bits per heavy atom. The van der Waals surface area contributed by atoms with Crippen LogP contribution >= 0.6 is 11.6 Å². The van der Waals surface area contributed by atoms with E-state index >= 15 is 0 Å². The molecule has 0 saturated carbocycles. The van der Waals surface area contributed by atoms with Gasteiger partial charge in [0.05, 0.1) is 9.95 Å². The Morgan fingerprint density at radius 2 is 2.26 bits per heavy atom. The van der Waals surface area contributed by atoms with Crippen molar-refractivity contribution in [3.05, 3.63) is 51.3 Å². The Labute approximate surface area is 115 Å². The van der Waals surface area contributed by atoms with Crippen molar-refractivity contribution < 1.29 is 4.92 Å². The second-order valence-electron chi connectivity index (χ2n) is 4.01. The first-order chi connectivity index (χ1) is 9.09. The molecule has 0 atom stereocenters. The molecule has 2 rings (SSSR count). The number of anilines is 1. The van der Waals surface area contributed by atoms with Gasteiger partial charge >= 0.3 is 0 Å². The lowest BCUT2D eigenvalue weighted by atomic mass is 10.2. The van der Waals surface area contributed by atoms with Crippen LogP contribution in [0.25, 0.3) is 0 Å². The smallest absolute Gasteiger partial charge is 0.293 e. The largest absolute Gasteiger partial charge is 0.378 e. The molecule has 1 aromatic carbocycles. The Morgan fingerprint density at radius 1 is 1.47 bits per heavy atom. The second kappa shape index (κ2) is 5.71. The number of para-hydroxylation sites is 1. The van der Waals surface area contributed by atoms with E-state index in [1.165, 1.54) is 6.07 Å². The number of nitro benzene ring substituents is 1. The minimum atomic E-state index is -0.446. The van der Waals surface area contributed by atoms with E-state index in [0.29, 0.717) is 23.7 Å². The zero-order chi connectivity index (χ0) is 13.8. The lowest BCUT2D eigenvalue weighted by Crippen LogP contribution is -2.09. The lowest BCUT2D eigenvalue weighted by Gasteiger charge is -2.08. The number of nitrogens with one attached hydrogen (secondary N) is 1. The molecule has 0 unspecified atom stereocenters. The van der Waals surface area contributed by atoms with Gasteiger partial charge in [-0.3, -0.25) is 14.8 Å². The van der Waals surface area contributed by atoms with Crippen LogP contribution in [0.3, 0.4) is 0 Å². The van der Waals surface area contributed by atoms with Crippen LogP contribution in [0.1, 0.15) is 5.69 Å². The van der Waals surface area contributed by atoms with Crippen LogP contribution in [-0.4, -0.2) is 21.2 Å². The number of aromatic nitrogens is 2. The molecule has 0 aliphatic rings. The van der Waals surface area contributed by atoms with Gasteiger partial charge in [0.2, 0.25) is 0 Å². The predicted octanol–water partition coefficient (Wildman–Crippen LogP) is 2.64. The molecule has 0 amide bonds. The minimum Gasteiger partial charge on any atom is -0.378 e. The second-order valence-corrected chi connectivity index (χ2v) is 4.42. The molecule has 19 heavy (non-hydrogen) atoms. The van der Waals surface area contributed by atoms with Gasteiger partial charge in [-0.1, -0.05) is 17.7 Å². The fourth-order valence-corrected chi connectivity index (χ4v) is 2.04. The van der Waals surface area contributed by atoms with Crippen LogP contribution < -0.4 is 5.32 Å². The van der Waals surface area contributed by atoms with Crippen LogP contribution in [0.4, 0.5) is 11.4 Å². The number of benzene rings is 1. The van der Waals surface area contributed by atoms with Crippen LogP contribution in [0, 0.1) is 10.1 Å². The van der Waals surface area contributed by atoms with E-state index in [1.807, 2.05) is 13.1 Å². The molecule has 7 heteroatoms. The standard InChI is InChI=1S/C12H13ClN4O2/c1-16-9(6-8-15-16)5-7-14-12-10(13)3-2-4-11(12)17(18)19/h2-4,6,8,14H,5,7H2,1H3. The van der Waals surface area contributed by atoms with Gasteiger partial charge in [-0.15, -0.1) is 0 Å². The Hall–Kier alpha value is -2.08. The molecule has 0 saturated heterocycles. The van der Waals surface area contributed by atoms with E-state index < -0.39 is 4.92 Å². The van der Waals surface area contributed by atoms with Crippen LogP contribution in [0.2, 0.25) is 5.02 Å². The highest BCUT2D eigenvalue weighted by atomic mass is 35.5. The first-order valence-corrected chi connectivity index (χ1v) is 6.11. The van der Waals surface area contributed by atoms with Crippen molar-refractivity contribution in [2.24, 2.45) is 7.05 Å². The summed E-state index contributed by atoms with van der Waals surface area (Å²) in [6.45, 7) is 0.546. The van der Waals surface area contributed by atoms with Gasteiger partial charge < -0.3 is 5.32 Å². The van der Waals surface area contributed by atoms with Crippen molar-refractivity contribution >= 4 is 23.0 Å². The minimum absolute atomic E-state index is 0.0162. The first kappa shape index (κ1) is 13.4. The number of hydrogen-bond donors (Lipinski definition) is 1. The van der Waals surface area contributed by atoms with Crippen molar-refractivity contribution in [3.63, 3.8) is 0 Å². The third-order valence-corrected chi connectivity index (χ3v) is 3.11. The molecule has 1 aromatic heterocycles. The maximum atomic E-state index is 10.9. The maximum absolute atomic E-state index is 10.9. The highest BCUT2D eigenvalue weighted by molar-refractivity contribution is 6.33. The molecule has 6 nitrogen and oxygen atoms in total. The Balaban J connectivity index is 2.07. The fourth-order valence-electron chi connectivity index (χ4n) is 1.80. The van der Waals surface area contributed by atoms with Crippen molar-refractivity contribution in [1.82, 2.24) is 9.78 Å². The van der Waals surface area contributed by atoms with E-state index in [0.717, 1.165) is 5.69 Å². The van der Waals surface area contributed by atoms with Crippen LogP contribution in [-0.2, 0) is 13.5 Å². The molecule has 0 aliphatic heterocycles. The molecular formula is C12H13ClN4O2. The van der Waals surface area contributed by atoms with Gasteiger partial charge in [-0.2, -0.15) is 5.10 Å².